The Labute approximate surface area is 135 Å². The lowest BCUT2D eigenvalue weighted by atomic mass is 10.2. The van der Waals surface area contributed by atoms with Crippen molar-refractivity contribution in [3.05, 3.63) is 58.9 Å². The Balaban J connectivity index is 1.86. The maximum absolute atomic E-state index is 12.0. The SMILES string of the molecule is O=C(NCc1ccc(OCC(F)(F)F)cc1)c1ccc(Cl)nc1. The van der Waals surface area contributed by atoms with Crippen LogP contribution in [0.5, 0.6) is 5.75 Å². The van der Waals surface area contributed by atoms with Gasteiger partial charge in [-0.2, -0.15) is 13.2 Å². The molecule has 8 heteroatoms. The van der Waals surface area contributed by atoms with Gasteiger partial charge in [0.25, 0.3) is 5.91 Å². The highest BCUT2D eigenvalue weighted by Crippen LogP contribution is 2.18. The van der Waals surface area contributed by atoms with Gasteiger partial charge in [-0.3, -0.25) is 4.79 Å². The number of carbonyl (C=O) groups excluding carboxylic acids is 1. The molecule has 1 heterocycles. The van der Waals surface area contributed by atoms with Gasteiger partial charge in [-0.1, -0.05) is 23.7 Å². The number of rotatable bonds is 5. The number of halogens is 4. The molecule has 0 aliphatic heterocycles. The van der Waals surface area contributed by atoms with E-state index >= 15 is 0 Å². The number of alkyl halides is 3. The molecule has 4 nitrogen and oxygen atoms in total. The van der Waals surface area contributed by atoms with Gasteiger partial charge in [0.2, 0.25) is 0 Å². The second kappa shape index (κ2) is 7.32. The number of hydrogen-bond acceptors (Lipinski definition) is 3. The average Bonchev–Trinajstić information content (AvgIpc) is 2.51. The van der Waals surface area contributed by atoms with E-state index in [0.717, 1.165) is 5.56 Å². The van der Waals surface area contributed by atoms with Gasteiger partial charge >= 0.3 is 6.18 Å². The van der Waals surface area contributed by atoms with E-state index in [1.165, 1.54) is 24.4 Å². The molecular weight excluding hydrogens is 333 g/mol. The van der Waals surface area contributed by atoms with E-state index < -0.39 is 12.8 Å². The molecule has 1 aromatic heterocycles. The van der Waals surface area contributed by atoms with Crippen LogP contribution in [0.1, 0.15) is 15.9 Å². The summed E-state index contributed by atoms with van der Waals surface area (Å²) in [6.45, 7) is -1.12. The zero-order valence-corrected chi connectivity index (χ0v) is 12.5. The maximum atomic E-state index is 12.0. The molecule has 2 rings (SSSR count). The van der Waals surface area contributed by atoms with Crippen molar-refractivity contribution in [2.75, 3.05) is 6.61 Å². The van der Waals surface area contributed by atoms with Crippen molar-refractivity contribution in [3.63, 3.8) is 0 Å². The molecule has 2 aromatic rings. The Kier molecular flexibility index (Phi) is 5.44. The number of amides is 1. The summed E-state index contributed by atoms with van der Waals surface area (Å²) in [4.78, 5) is 15.7. The molecule has 0 aliphatic carbocycles. The van der Waals surface area contributed by atoms with Crippen LogP contribution in [0.4, 0.5) is 13.2 Å². The van der Waals surface area contributed by atoms with Gasteiger partial charge in [0.05, 0.1) is 5.56 Å². The van der Waals surface area contributed by atoms with Crippen molar-refractivity contribution in [1.82, 2.24) is 10.3 Å². The van der Waals surface area contributed by atoms with Crippen LogP contribution in [0.2, 0.25) is 5.15 Å². The number of benzene rings is 1. The third kappa shape index (κ3) is 5.78. The molecule has 23 heavy (non-hydrogen) atoms. The van der Waals surface area contributed by atoms with E-state index in [0.29, 0.717) is 5.56 Å². The Bertz CT molecular complexity index is 658. The number of pyridine rings is 1. The van der Waals surface area contributed by atoms with Crippen LogP contribution in [-0.4, -0.2) is 23.7 Å². The van der Waals surface area contributed by atoms with Crippen molar-refractivity contribution >= 4 is 17.5 Å². The van der Waals surface area contributed by atoms with Crippen LogP contribution in [-0.2, 0) is 6.54 Å². The first-order chi connectivity index (χ1) is 10.8. The van der Waals surface area contributed by atoms with Crippen LogP contribution >= 0.6 is 11.6 Å². The van der Waals surface area contributed by atoms with Gasteiger partial charge in [-0.15, -0.1) is 0 Å². The summed E-state index contributed by atoms with van der Waals surface area (Å²) in [7, 11) is 0. The zero-order chi connectivity index (χ0) is 16.9. The van der Waals surface area contributed by atoms with E-state index in [-0.39, 0.29) is 23.4 Å². The lowest BCUT2D eigenvalue weighted by Crippen LogP contribution is -2.22. The minimum absolute atomic E-state index is 0.110. The minimum Gasteiger partial charge on any atom is -0.484 e. The van der Waals surface area contributed by atoms with E-state index in [1.54, 1.807) is 18.2 Å². The Hall–Kier alpha value is -2.28. The van der Waals surface area contributed by atoms with Crippen molar-refractivity contribution in [2.24, 2.45) is 0 Å². The number of carbonyl (C=O) groups is 1. The highest BCUT2D eigenvalue weighted by atomic mass is 35.5. The highest BCUT2D eigenvalue weighted by molar-refractivity contribution is 6.29. The second-order valence-electron chi connectivity index (χ2n) is 4.60. The molecule has 0 bridgehead atoms. The fraction of sp³-hybridized carbons (Fsp3) is 0.200. The summed E-state index contributed by atoms with van der Waals surface area (Å²) in [6, 6.07) is 9.02. The van der Waals surface area contributed by atoms with Crippen molar-refractivity contribution in [2.45, 2.75) is 12.7 Å². The van der Waals surface area contributed by atoms with Gasteiger partial charge in [0.15, 0.2) is 6.61 Å². The largest absolute Gasteiger partial charge is 0.484 e. The standard InChI is InChI=1S/C15H12ClF3N2O2/c16-13-6-3-11(8-20-13)14(22)21-7-10-1-4-12(5-2-10)23-9-15(17,18)19/h1-6,8H,7,9H2,(H,21,22). The highest BCUT2D eigenvalue weighted by Gasteiger charge is 2.28. The molecule has 122 valence electrons. The molecule has 0 radical (unpaired) electrons. The van der Waals surface area contributed by atoms with E-state index in [1.807, 2.05) is 0 Å². The lowest BCUT2D eigenvalue weighted by Gasteiger charge is -2.10. The number of nitrogens with one attached hydrogen (secondary N) is 1. The van der Waals surface area contributed by atoms with Crippen LogP contribution in [0.15, 0.2) is 42.6 Å². The predicted octanol–water partition coefficient (Wildman–Crippen LogP) is 3.61. The van der Waals surface area contributed by atoms with E-state index in [2.05, 4.69) is 15.0 Å². The normalized spacial score (nSPS) is 11.1. The molecule has 0 aliphatic rings. The van der Waals surface area contributed by atoms with Gasteiger partial charge < -0.3 is 10.1 Å². The molecule has 1 N–H and O–H groups in total. The maximum Gasteiger partial charge on any atom is 0.422 e. The number of aromatic nitrogens is 1. The Morgan fingerprint density at radius 3 is 2.43 bits per heavy atom. The third-order valence-corrected chi connectivity index (χ3v) is 2.99. The summed E-state index contributed by atoms with van der Waals surface area (Å²) in [5.74, 6) is -0.217. The molecule has 0 unspecified atom stereocenters. The summed E-state index contributed by atoms with van der Waals surface area (Å²) in [5, 5.41) is 2.96. The molecule has 1 aromatic carbocycles. The quantitative estimate of drug-likeness (QED) is 0.843. The van der Waals surface area contributed by atoms with Crippen molar-refractivity contribution in [3.8, 4) is 5.75 Å². The lowest BCUT2D eigenvalue weighted by molar-refractivity contribution is -0.153. The van der Waals surface area contributed by atoms with Crippen LogP contribution in [0, 0.1) is 0 Å². The van der Waals surface area contributed by atoms with E-state index in [9.17, 15) is 18.0 Å². The molecular formula is C15H12ClF3N2O2. The number of hydrogen-bond donors (Lipinski definition) is 1. The average molecular weight is 345 g/mol. The zero-order valence-electron chi connectivity index (χ0n) is 11.7. The van der Waals surface area contributed by atoms with Gasteiger partial charge in [-0.25, -0.2) is 4.98 Å². The van der Waals surface area contributed by atoms with Crippen molar-refractivity contribution in [1.29, 1.82) is 0 Å². The van der Waals surface area contributed by atoms with Gasteiger partial charge in [-0.05, 0) is 29.8 Å². The van der Waals surface area contributed by atoms with Gasteiger partial charge in [0, 0.05) is 12.7 Å². The monoisotopic (exact) mass is 344 g/mol. The number of nitrogens with zero attached hydrogens (tertiary/aromatic N) is 1. The van der Waals surface area contributed by atoms with Crippen LogP contribution in [0.3, 0.4) is 0 Å². The number of ether oxygens (including phenoxy) is 1. The predicted molar refractivity (Wildman–Crippen MR) is 78.4 cm³/mol. The molecule has 0 spiro atoms. The second-order valence-corrected chi connectivity index (χ2v) is 4.99. The minimum atomic E-state index is -4.38. The third-order valence-electron chi connectivity index (χ3n) is 2.77. The molecule has 0 atom stereocenters. The van der Waals surface area contributed by atoms with Crippen LogP contribution < -0.4 is 10.1 Å². The molecule has 0 saturated carbocycles. The molecule has 0 fully saturated rings. The first-order valence-electron chi connectivity index (χ1n) is 6.52. The molecule has 1 amide bonds. The van der Waals surface area contributed by atoms with Gasteiger partial charge in [0.1, 0.15) is 10.9 Å². The first-order valence-corrected chi connectivity index (χ1v) is 6.89. The Morgan fingerprint density at radius 1 is 1.17 bits per heavy atom. The smallest absolute Gasteiger partial charge is 0.422 e. The van der Waals surface area contributed by atoms with Crippen LogP contribution in [0.25, 0.3) is 0 Å². The summed E-state index contributed by atoms with van der Waals surface area (Å²) in [5.41, 5.74) is 1.08. The first kappa shape index (κ1) is 17.1. The molecule has 0 saturated heterocycles. The summed E-state index contributed by atoms with van der Waals surface area (Å²) >= 11 is 5.63. The Morgan fingerprint density at radius 2 is 1.87 bits per heavy atom. The van der Waals surface area contributed by atoms with E-state index in [4.69, 9.17) is 11.6 Å². The summed E-state index contributed by atoms with van der Waals surface area (Å²) < 4.78 is 40.7. The summed E-state index contributed by atoms with van der Waals surface area (Å²) in [6.07, 6.45) is -3.02. The fourth-order valence-corrected chi connectivity index (χ4v) is 1.78. The topological polar surface area (TPSA) is 51.2 Å². The fourth-order valence-electron chi connectivity index (χ4n) is 1.66. The van der Waals surface area contributed by atoms with Crippen molar-refractivity contribution < 1.29 is 22.7 Å².